The minimum atomic E-state index is -1.18. The van der Waals surface area contributed by atoms with Gasteiger partial charge in [0.25, 0.3) is 11.8 Å². The Balaban J connectivity index is 1.82. The van der Waals surface area contributed by atoms with E-state index in [0.717, 1.165) is 23.9 Å². The molecule has 0 fully saturated rings. The third-order valence-corrected chi connectivity index (χ3v) is 5.32. The molecule has 2 amide bonds. The highest BCUT2D eigenvalue weighted by molar-refractivity contribution is 6.62. The number of carboxylic acids is 2. The van der Waals surface area contributed by atoms with E-state index in [2.05, 4.69) is 10.2 Å². The fourth-order valence-corrected chi connectivity index (χ4v) is 3.59. The van der Waals surface area contributed by atoms with Crippen LogP contribution in [0, 0.1) is 0 Å². The van der Waals surface area contributed by atoms with Gasteiger partial charge in [0, 0.05) is 13.8 Å². The summed E-state index contributed by atoms with van der Waals surface area (Å²) in [6.07, 6.45) is 0. The number of carbonyl (C=O) groups excluding carboxylic acids is 4. The second kappa shape index (κ2) is 8.83. The number of aromatic carboxylic acids is 2. The van der Waals surface area contributed by atoms with E-state index in [1.54, 1.807) is 0 Å². The van der Waals surface area contributed by atoms with Gasteiger partial charge >= 0.3 is 11.9 Å². The number of nitrogens with zero attached hydrogens (tertiary/aromatic N) is 4. The van der Waals surface area contributed by atoms with Crippen molar-refractivity contribution in [2.24, 2.45) is 10.2 Å². The molecule has 180 valence electrons. The van der Waals surface area contributed by atoms with Gasteiger partial charge in [0.2, 0.25) is 0 Å². The summed E-state index contributed by atoms with van der Waals surface area (Å²) in [6.45, 7) is 2.27. The van der Waals surface area contributed by atoms with Gasteiger partial charge in [0.15, 0.2) is 11.6 Å². The molecule has 0 atom stereocenters. The third kappa shape index (κ3) is 3.96. The molecule has 0 saturated heterocycles. The molecule has 12 nitrogen and oxygen atoms in total. The van der Waals surface area contributed by atoms with Gasteiger partial charge in [0.1, 0.15) is 11.4 Å². The lowest BCUT2D eigenvalue weighted by molar-refractivity contribution is -0.116. The number of hydrazone groups is 2. The van der Waals surface area contributed by atoms with E-state index in [1.807, 2.05) is 0 Å². The van der Waals surface area contributed by atoms with Gasteiger partial charge in [-0.2, -0.15) is 20.2 Å². The average Bonchev–Trinajstić information content (AvgIpc) is 3.36. The van der Waals surface area contributed by atoms with Crippen LogP contribution < -0.4 is 10.0 Å². The topological polar surface area (TPSA) is 174 Å². The highest BCUT2D eigenvalue weighted by atomic mass is 16.4. The second-order valence-electron chi connectivity index (χ2n) is 7.70. The number of anilines is 2. The SMILES string of the molecule is CC(=O)C1=NN(c2ccc(C(=O)O)cc2)C(=O)/C1=C1/C(=O)N(c2ccc(C(=O)O)cc2)N=C1C(C)=O. The Hall–Kier alpha value is -5.26. The lowest BCUT2D eigenvalue weighted by Gasteiger charge is -2.13. The second-order valence-corrected chi connectivity index (χ2v) is 7.70. The van der Waals surface area contributed by atoms with Gasteiger partial charge in [-0.25, -0.2) is 9.59 Å². The molecule has 2 aromatic rings. The van der Waals surface area contributed by atoms with Gasteiger partial charge in [-0.1, -0.05) is 0 Å². The van der Waals surface area contributed by atoms with Crippen molar-refractivity contribution >= 4 is 58.1 Å². The lowest BCUT2D eigenvalue weighted by Crippen LogP contribution is -2.29. The van der Waals surface area contributed by atoms with Gasteiger partial charge in [-0.3, -0.25) is 19.2 Å². The summed E-state index contributed by atoms with van der Waals surface area (Å²) in [6, 6.07) is 10.2. The zero-order valence-electron chi connectivity index (χ0n) is 18.8. The first kappa shape index (κ1) is 23.9. The van der Waals surface area contributed by atoms with Crippen molar-refractivity contribution in [3.8, 4) is 0 Å². The Morgan fingerprint density at radius 1 is 0.611 bits per heavy atom. The van der Waals surface area contributed by atoms with Gasteiger partial charge in [-0.15, -0.1) is 0 Å². The van der Waals surface area contributed by atoms with E-state index in [-0.39, 0.29) is 33.9 Å². The maximum atomic E-state index is 13.4. The zero-order chi connectivity index (χ0) is 26.3. The first-order chi connectivity index (χ1) is 17.0. The standard InChI is InChI=1S/C24H16N4O8/c1-11(29)19-17(21(31)27(25-19)15-7-3-13(4-8-15)23(33)34)18-20(12(2)30)26-28(22(18)32)16-9-5-14(6-10-16)24(35)36/h3-10H,1-2H3,(H,33,34)(H,35,36)/b18-17+. The Morgan fingerprint density at radius 2 is 0.917 bits per heavy atom. The largest absolute Gasteiger partial charge is 0.478 e. The monoisotopic (exact) mass is 488 g/mol. The van der Waals surface area contributed by atoms with Gasteiger partial charge < -0.3 is 10.2 Å². The first-order valence-corrected chi connectivity index (χ1v) is 10.3. The van der Waals surface area contributed by atoms with E-state index in [0.29, 0.717) is 0 Å². The maximum Gasteiger partial charge on any atom is 0.335 e. The molecule has 2 heterocycles. The molecule has 0 radical (unpaired) electrons. The third-order valence-electron chi connectivity index (χ3n) is 5.32. The zero-order valence-corrected chi connectivity index (χ0v) is 18.8. The number of amides is 2. The van der Waals surface area contributed by atoms with Crippen LogP contribution in [0.1, 0.15) is 34.6 Å². The molecule has 36 heavy (non-hydrogen) atoms. The number of rotatable bonds is 6. The number of hydrogen-bond acceptors (Lipinski definition) is 8. The van der Waals surface area contributed by atoms with Crippen molar-refractivity contribution in [3.63, 3.8) is 0 Å². The summed E-state index contributed by atoms with van der Waals surface area (Å²) >= 11 is 0. The highest BCUT2D eigenvalue weighted by Gasteiger charge is 2.44. The van der Waals surface area contributed by atoms with Crippen molar-refractivity contribution in [3.05, 3.63) is 70.8 Å². The Kier molecular flexibility index (Phi) is 5.86. The number of benzene rings is 2. The molecule has 2 aliphatic heterocycles. The van der Waals surface area contributed by atoms with Crippen molar-refractivity contribution < 1.29 is 39.0 Å². The number of hydrogen-bond donors (Lipinski definition) is 2. The molecule has 2 N–H and O–H groups in total. The van der Waals surface area contributed by atoms with E-state index < -0.39 is 46.5 Å². The van der Waals surface area contributed by atoms with E-state index in [9.17, 15) is 28.8 Å². The fraction of sp³-hybridized carbons (Fsp3) is 0.0833. The van der Waals surface area contributed by atoms with Crippen LogP contribution in [0.5, 0.6) is 0 Å². The summed E-state index contributed by atoms with van der Waals surface area (Å²) in [5.74, 6) is -5.45. The normalized spacial score (nSPS) is 17.3. The molecule has 0 aromatic heterocycles. The minimum Gasteiger partial charge on any atom is -0.478 e. The molecule has 2 aromatic carbocycles. The van der Waals surface area contributed by atoms with E-state index in [4.69, 9.17) is 10.2 Å². The van der Waals surface area contributed by atoms with Crippen LogP contribution in [0.15, 0.2) is 69.9 Å². The molecule has 4 rings (SSSR count). The predicted octanol–water partition coefficient (Wildman–Crippen LogP) is 1.66. The predicted molar refractivity (Wildman–Crippen MR) is 125 cm³/mol. The lowest BCUT2D eigenvalue weighted by atomic mass is 9.95. The van der Waals surface area contributed by atoms with Crippen molar-refractivity contribution in [2.75, 3.05) is 10.0 Å². The highest BCUT2D eigenvalue weighted by Crippen LogP contribution is 2.32. The fourth-order valence-electron chi connectivity index (χ4n) is 3.59. The van der Waals surface area contributed by atoms with Crippen LogP contribution in [0.25, 0.3) is 0 Å². The van der Waals surface area contributed by atoms with Crippen LogP contribution in [0.2, 0.25) is 0 Å². The quantitative estimate of drug-likeness (QED) is 0.577. The molecule has 12 heteroatoms. The molecular weight excluding hydrogens is 472 g/mol. The molecule has 0 unspecified atom stereocenters. The molecule has 0 saturated carbocycles. The minimum absolute atomic E-state index is 0.0405. The summed E-state index contributed by atoms with van der Waals surface area (Å²) in [4.78, 5) is 73.8. The Bertz CT molecular complexity index is 1350. The van der Waals surface area contributed by atoms with Crippen LogP contribution in [-0.2, 0) is 19.2 Å². The summed E-state index contributed by atoms with van der Waals surface area (Å²) in [5.41, 5.74) is -1.41. The van der Waals surface area contributed by atoms with Gasteiger partial charge in [-0.05, 0) is 48.5 Å². The molecule has 0 bridgehead atoms. The van der Waals surface area contributed by atoms with Gasteiger partial charge in [0.05, 0.1) is 33.6 Å². The van der Waals surface area contributed by atoms with Crippen LogP contribution >= 0.6 is 0 Å². The number of carboxylic acid groups (broad SMARTS) is 2. The van der Waals surface area contributed by atoms with Crippen LogP contribution in [0.4, 0.5) is 11.4 Å². The Morgan fingerprint density at radius 3 is 1.17 bits per heavy atom. The van der Waals surface area contributed by atoms with Crippen molar-refractivity contribution in [1.82, 2.24) is 0 Å². The summed E-state index contributed by atoms with van der Waals surface area (Å²) in [7, 11) is 0. The van der Waals surface area contributed by atoms with Crippen LogP contribution in [0.3, 0.4) is 0 Å². The Labute approximate surface area is 202 Å². The number of ketones is 2. The first-order valence-electron chi connectivity index (χ1n) is 10.3. The van der Waals surface area contributed by atoms with E-state index in [1.165, 1.54) is 48.5 Å². The summed E-state index contributed by atoms with van der Waals surface area (Å²) in [5, 5.41) is 27.9. The molecule has 0 aliphatic carbocycles. The van der Waals surface area contributed by atoms with E-state index >= 15 is 0 Å². The number of Topliss-reactive ketones (excluding diaryl/α,β-unsaturated/α-hetero) is 2. The van der Waals surface area contributed by atoms with Crippen molar-refractivity contribution in [2.45, 2.75) is 13.8 Å². The average molecular weight is 488 g/mol. The number of carbonyl (C=O) groups is 6. The van der Waals surface area contributed by atoms with Crippen LogP contribution in [-0.4, -0.2) is 57.0 Å². The maximum absolute atomic E-state index is 13.4. The van der Waals surface area contributed by atoms with Crippen molar-refractivity contribution in [1.29, 1.82) is 0 Å². The smallest absolute Gasteiger partial charge is 0.335 e. The molecular formula is C24H16N4O8. The summed E-state index contributed by atoms with van der Waals surface area (Å²) < 4.78 is 0. The molecule has 2 aliphatic rings. The molecule has 0 spiro atoms.